The Bertz CT molecular complexity index is 1020. The first kappa shape index (κ1) is 18.7. The molecule has 4 heterocycles. The molecule has 0 bridgehead atoms. The summed E-state index contributed by atoms with van der Waals surface area (Å²) >= 11 is 1.38. The van der Waals surface area contributed by atoms with Gasteiger partial charge in [-0.15, -0.1) is 11.3 Å². The second-order valence-corrected chi connectivity index (χ2v) is 7.68. The van der Waals surface area contributed by atoms with E-state index in [1.54, 1.807) is 6.20 Å². The fourth-order valence-corrected chi connectivity index (χ4v) is 4.20. The van der Waals surface area contributed by atoms with Crippen molar-refractivity contribution in [3.8, 4) is 0 Å². The Hall–Kier alpha value is -2.60. The summed E-state index contributed by atoms with van der Waals surface area (Å²) in [4.78, 5) is 25.8. The van der Waals surface area contributed by atoms with E-state index in [1.165, 1.54) is 29.1 Å². The van der Waals surface area contributed by atoms with E-state index in [9.17, 15) is 18.0 Å². The van der Waals surface area contributed by atoms with Gasteiger partial charge in [0.05, 0.1) is 5.69 Å². The van der Waals surface area contributed by atoms with Crippen molar-refractivity contribution in [1.29, 1.82) is 0 Å². The molecule has 0 aromatic carbocycles. The first-order valence-electron chi connectivity index (χ1n) is 8.52. The first-order valence-corrected chi connectivity index (χ1v) is 9.34. The highest BCUT2D eigenvalue weighted by molar-refractivity contribution is 7.15. The van der Waals surface area contributed by atoms with Crippen LogP contribution >= 0.6 is 11.3 Å². The zero-order chi connectivity index (χ0) is 19.9. The van der Waals surface area contributed by atoms with Gasteiger partial charge < -0.3 is 5.32 Å². The smallest absolute Gasteiger partial charge is 0.302 e. The number of fused-ring (bicyclic) bond motifs is 1. The van der Waals surface area contributed by atoms with Crippen LogP contribution in [0.1, 0.15) is 35.5 Å². The molecule has 1 aliphatic rings. The molecule has 1 aliphatic heterocycles. The summed E-state index contributed by atoms with van der Waals surface area (Å²) in [6.45, 7) is 3.36. The molecule has 28 heavy (non-hydrogen) atoms. The average molecular weight is 411 g/mol. The number of halogens is 3. The van der Waals surface area contributed by atoms with Gasteiger partial charge in [0.1, 0.15) is 12.0 Å². The van der Waals surface area contributed by atoms with E-state index in [2.05, 4.69) is 30.3 Å². The molecule has 1 amide bonds. The van der Waals surface area contributed by atoms with Gasteiger partial charge in [0, 0.05) is 37.0 Å². The average Bonchev–Trinajstić information content (AvgIpc) is 3.33. The molecular weight excluding hydrogens is 395 g/mol. The van der Waals surface area contributed by atoms with Crippen LogP contribution in [0.3, 0.4) is 0 Å². The van der Waals surface area contributed by atoms with Crippen molar-refractivity contribution in [1.82, 2.24) is 29.5 Å². The van der Waals surface area contributed by atoms with Gasteiger partial charge in [-0.2, -0.15) is 23.3 Å². The van der Waals surface area contributed by atoms with E-state index in [0.717, 1.165) is 17.5 Å². The second kappa shape index (κ2) is 7.09. The van der Waals surface area contributed by atoms with Gasteiger partial charge in [-0.3, -0.25) is 9.69 Å². The molecule has 0 spiro atoms. The van der Waals surface area contributed by atoms with Crippen LogP contribution in [-0.4, -0.2) is 48.5 Å². The van der Waals surface area contributed by atoms with Crippen LogP contribution in [0.5, 0.6) is 0 Å². The summed E-state index contributed by atoms with van der Waals surface area (Å²) in [5, 5.41) is 7.21. The summed E-state index contributed by atoms with van der Waals surface area (Å²) in [7, 11) is 0. The molecule has 3 aromatic heterocycles. The molecule has 4 rings (SSSR count). The maximum atomic E-state index is 13.2. The molecule has 1 atom stereocenters. The Kier molecular flexibility index (Phi) is 4.75. The lowest BCUT2D eigenvalue weighted by molar-refractivity contribution is -0.141. The summed E-state index contributed by atoms with van der Waals surface area (Å²) < 4.78 is 40.9. The van der Waals surface area contributed by atoms with Crippen LogP contribution < -0.4 is 5.32 Å². The number of carbonyl (C=O) groups is 1. The number of nitrogens with zero attached hydrogens (tertiary/aromatic N) is 6. The first-order chi connectivity index (χ1) is 13.3. The molecule has 3 aromatic rings. The number of anilines is 1. The molecule has 1 unspecified atom stereocenters. The minimum Gasteiger partial charge on any atom is -0.302 e. The molecule has 148 valence electrons. The molecule has 8 nitrogen and oxygen atoms in total. The van der Waals surface area contributed by atoms with E-state index >= 15 is 0 Å². The summed E-state index contributed by atoms with van der Waals surface area (Å²) in [6, 6.07) is 1.07. The fraction of sp³-hybridized carbons (Fsp3) is 0.438. The third-order valence-corrected chi connectivity index (χ3v) is 5.37. The normalized spacial score (nSPS) is 18.1. The highest BCUT2D eigenvalue weighted by Crippen LogP contribution is 2.33. The highest BCUT2D eigenvalue weighted by atomic mass is 32.1. The molecule has 0 saturated carbocycles. The maximum Gasteiger partial charge on any atom is 0.433 e. The maximum absolute atomic E-state index is 13.2. The molecule has 1 N–H and O–H groups in total. The third kappa shape index (κ3) is 3.83. The Labute approximate surface area is 161 Å². The van der Waals surface area contributed by atoms with Gasteiger partial charge in [-0.25, -0.2) is 14.5 Å². The SMILES string of the molecule is CC(=O)Nc1ncc(CN2CCC(c3cc(C(F)(F)F)nc4ncnn34)C2)s1. The standard InChI is InChI=1S/C16H16F3N7OS/c1-9(27)23-15-20-5-11(28-15)7-25-3-2-10(6-25)12-4-13(16(17,18)19)24-14-21-8-22-26(12)14/h4-5,8,10H,2-3,6-7H2,1H3,(H,20,23,27). The predicted octanol–water partition coefficient (Wildman–Crippen LogP) is 2.55. The van der Waals surface area contributed by atoms with E-state index in [1.807, 2.05) is 0 Å². The van der Waals surface area contributed by atoms with Gasteiger partial charge >= 0.3 is 6.18 Å². The Morgan fingerprint density at radius 2 is 2.21 bits per heavy atom. The van der Waals surface area contributed by atoms with Crippen molar-refractivity contribution >= 4 is 28.2 Å². The zero-order valence-electron chi connectivity index (χ0n) is 14.8. The van der Waals surface area contributed by atoms with Crippen molar-refractivity contribution in [3.05, 3.63) is 34.9 Å². The van der Waals surface area contributed by atoms with E-state index in [4.69, 9.17) is 0 Å². The monoisotopic (exact) mass is 411 g/mol. The molecular formula is C16H16F3N7OS. The fourth-order valence-electron chi connectivity index (χ4n) is 3.30. The quantitative estimate of drug-likeness (QED) is 0.710. The molecule has 1 saturated heterocycles. The molecule has 1 fully saturated rings. The van der Waals surface area contributed by atoms with Crippen LogP contribution in [-0.2, 0) is 17.5 Å². The van der Waals surface area contributed by atoms with Gasteiger partial charge in [0.25, 0.3) is 5.78 Å². The van der Waals surface area contributed by atoms with Crippen LogP contribution in [0.4, 0.5) is 18.3 Å². The lowest BCUT2D eigenvalue weighted by Crippen LogP contribution is -2.20. The number of alkyl halides is 3. The van der Waals surface area contributed by atoms with Gasteiger partial charge in [-0.1, -0.05) is 0 Å². The molecule has 0 radical (unpaired) electrons. The Balaban J connectivity index is 1.52. The van der Waals surface area contributed by atoms with Gasteiger partial charge in [0.15, 0.2) is 5.13 Å². The second-order valence-electron chi connectivity index (χ2n) is 6.57. The van der Waals surface area contributed by atoms with Crippen molar-refractivity contribution in [3.63, 3.8) is 0 Å². The lowest BCUT2D eigenvalue weighted by atomic mass is 10.0. The number of thiazole rings is 1. The molecule has 0 aliphatic carbocycles. The zero-order valence-corrected chi connectivity index (χ0v) is 15.6. The number of hydrogen-bond donors (Lipinski definition) is 1. The van der Waals surface area contributed by atoms with Crippen molar-refractivity contribution in [2.75, 3.05) is 18.4 Å². The number of hydrogen-bond acceptors (Lipinski definition) is 7. The van der Waals surface area contributed by atoms with Crippen LogP contribution in [0, 0.1) is 0 Å². The summed E-state index contributed by atoms with van der Waals surface area (Å²) in [6.07, 6.45) is -0.927. The third-order valence-electron chi connectivity index (χ3n) is 4.48. The lowest BCUT2D eigenvalue weighted by Gasteiger charge is -2.16. The van der Waals surface area contributed by atoms with E-state index in [-0.39, 0.29) is 17.6 Å². The summed E-state index contributed by atoms with van der Waals surface area (Å²) in [5.41, 5.74) is -0.496. The minimum absolute atomic E-state index is 0.0503. The van der Waals surface area contributed by atoms with Gasteiger partial charge in [0.2, 0.25) is 5.91 Å². The van der Waals surface area contributed by atoms with Crippen LogP contribution in [0.15, 0.2) is 18.6 Å². The number of nitrogens with one attached hydrogen (secondary N) is 1. The summed E-state index contributed by atoms with van der Waals surface area (Å²) in [5.74, 6) is -0.348. The number of aromatic nitrogens is 5. The van der Waals surface area contributed by atoms with Crippen molar-refractivity contribution in [2.24, 2.45) is 0 Å². The minimum atomic E-state index is -4.54. The van der Waals surface area contributed by atoms with Crippen molar-refractivity contribution < 1.29 is 18.0 Å². The number of likely N-dealkylation sites (tertiary alicyclic amines) is 1. The van der Waals surface area contributed by atoms with Crippen LogP contribution in [0.25, 0.3) is 5.78 Å². The number of rotatable bonds is 4. The van der Waals surface area contributed by atoms with E-state index in [0.29, 0.717) is 30.3 Å². The largest absolute Gasteiger partial charge is 0.433 e. The topological polar surface area (TPSA) is 88.3 Å². The number of carbonyl (C=O) groups excluding carboxylic acids is 1. The molecule has 12 heteroatoms. The van der Waals surface area contributed by atoms with Crippen LogP contribution in [0.2, 0.25) is 0 Å². The van der Waals surface area contributed by atoms with Gasteiger partial charge in [-0.05, 0) is 19.0 Å². The van der Waals surface area contributed by atoms with Crippen molar-refractivity contribution in [2.45, 2.75) is 32.0 Å². The number of amides is 1. The Morgan fingerprint density at radius 3 is 2.96 bits per heavy atom. The van der Waals surface area contributed by atoms with E-state index < -0.39 is 11.9 Å². The highest BCUT2D eigenvalue weighted by Gasteiger charge is 2.36. The predicted molar refractivity (Wildman–Crippen MR) is 94.8 cm³/mol. The Morgan fingerprint density at radius 1 is 1.39 bits per heavy atom.